The molecule has 14 nitrogen and oxygen atoms in total. The molecule has 1 aliphatic rings. The number of allylic oxidation sites excluding steroid dienone is 1. The molecule has 0 saturated carbocycles. The van der Waals surface area contributed by atoms with Gasteiger partial charge in [0.25, 0.3) is 0 Å². The second-order valence-electron chi connectivity index (χ2n) is 13.6. The minimum Gasteiger partial charge on any atom is -0.497 e. The molecule has 0 radical (unpaired) electrons. The van der Waals surface area contributed by atoms with Crippen molar-refractivity contribution in [1.29, 1.82) is 0 Å². The first kappa shape index (κ1) is 45.1. The molecule has 0 aromatic heterocycles. The summed E-state index contributed by atoms with van der Waals surface area (Å²) in [6, 6.07) is 23.5. The van der Waals surface area contributed by atoms with Gasteiger partial charge in [0.1, 0.15) is 29.8 Å². The Labute approximate surface area is 346 Å². The monoisotopic (exact) mass is 838 g/mol. The molecule has 320 valence electrons. The Morgan fingerprint density at radius 2 is 1.00 bits per heavy atom. The Morgan fingerprint density at radius 3 is 1.42 bits per heavy atom. The highest BCUT2D eigenvalue weighted by atomic mass is 31.2. The number of methoxy groups -OCH3 is 7. The van der Waals surface area contributed by atoms with Crippen LogP contribution in [0.3, 0.4) is 0 Å². The van der Waals surface area contributed by atoms with Crippen LogP contribution in [-0.2, 0) is 43.3 Å². The average Bonchev–Trinajstić information content (AvgIpc) is 3.26. The second-order valence-corrected chi connectivity index (χ2v) is 16.1. The van der Waals surface area contributed by atoms with Crippen molar-refractivity contribution in [3.63, 3.8) is 0 Å². The van der Waals surface area contributed by atoms with Gasteiger partial charge in [-0.15, -0.1) is 6.58 Å². The molecule has 1 heterocycles. The molecule has 1 fully saturated rings. The molecule has 4 aromatic rings. The van der Waals surface area contributed by atoms with Gasteiger partial charge in [0.15, 0.2) is 34.5 Å². The van der Waals surface area contributed by atoms with E-state index in [2.05, 4.69) is 6.58 Å². The summed E-state index contributed by atoms with van der Waals surface area (Å²) < 4.78 is 85.5. The molecule has 0 spiro atoms. The Bertz CT molecular complexity index is 1990. The van der Waals surface area contributed by atoms with Crippen LogP contribution in [0.25, 0.3) is 0 Å². The second kappa shape index (κ2) is 21.9. The molecular weight excluding hydrogens is 783 g/mol. The van der Waals surface area contributed by atoms with E-state index in [9.17, 15) is 9.46 Å². The van der Waals surface area contributed by atoms with Crippen molar-refractivity contribution in [1.82, 2.24) is 0 Å². The van der Waals surface area contributed by atoms with Crippen LogP contribution in [0.15, 0.2) is 91.5 Å². The van der Waals surface area contributed by atoms with Crippen LogP contribution in [-0.4, -0.2) is 97.7 Å². The van der Waals surface area contributed by atoms with E-state index in [-0.39, 0.29) is 38.6 Å². The van der Waals surface area contributed by atoms with Crippen LogP contribution in [0.4, 0.5) is 0 Å². The Kier molecular flexibility index (Phi) is 16.7. The van der Waals surface area contributed by atoms with Crippen LogP contribution < -0.4 is 37.9 Å². The van der Waals surface area contributed by atoms with Gasteiger partial charge in [0, 0.05) is 12.3 Å². The molecule has 1 N–H and O–H groups in total. The first-order valence-corrected chi connectivity index (χ1v) is 21.0. The fraction of sp³-hybridized carbons (Fsp3) is 0.409. The predicted molar refractivity (Wildman–Crippen MR) is 221 cm³/mol. The molecule has 6 atom stereocenters. The molecular formula is C44H55O14P. The molecule has 0 bridgehead atoms. The van der Waals surface area contributed by atoms with E-state index < -0.39 is 38.1 Å². The van der Waals surface area contributed by atoms with Crippen molar-refractivity contribution < 1.29 is 66.3 Å². The highest BCUT2D eigenvalue weighted by molar-refractivity contribution is 7.58. The zero-order valence-corrected chi connectivity index (χ0v) is 35.5. The first-order chi connectivity index (χ1) is 28.6. The van der Waals surface area contributed by atoms with Crippen LogP contribution in [0.5, 0.6) is 46.0 Å². The Morgan fingerprint density at radius 1 is 0.576 bits per heavy atom. The Hall–Kier alpha value is -4.95. The summed E-state index contributed by atoms with van der Waals surface area (Å²) in [5.41, 5.74) is 2.33. The van der Waals surface area contributed by atoms with E-state index in [1.807, 2.05) is 36.4 Å². The summed E-state index contributed by atoms with van der Waals surface area (Å²) in [5.74, 6) is 4.40. The van der Waals surface area contributed by atoms with Crippen LogP contribution in [0.1, 0.15) is 23.1 Å². The number of rotatable bonds is 23. The molecule has 15 heteroatoms. The normalized spacial score (nSPS) is 19.8. The van der Waals surface area contributed by atoms with E-state index in [0.717, 1.165) is 16.7 Å². The maximum Gasteiger partial charge on any atom is 0.229 e. The van der Waals surface area contributed by atoms with Crippen LogP contribution in [0.2, 0.25) is 0 Å². The molecule has 1 saturated heterocycles. The standard InChI is InChI=1S/C44H55O14P/c1-9-21-59(45,46)22-20-37-41(54-26-29-10-17-34(48-3)38(23-29)51-6)42(55-27-30-11-18-35(49-4)39(24-30)52-7)43(44(58-37)57-33-15-13-32(47-2)14-16-33)56-28-31-12-19-36(50-5)40(25-31)53-8/h9-19,23-25,37,41-44H,1,20-22,26-28H2,2-8H3,(H,45,46)/t37-,41-,42+,43+,44?/m1/s1. The van der Waals surface area contributed by atoms with Crippen molar-refractivity contribution in [2.24, 2.45) is 0 Å². The summed E-state index contributed by atoms with van der Waals surface area (Å²) in [7, 11) is 7.36. The average molecular weight is 839 g/mol. The van der Waals surface area contributed by atoms with Crippen molar-refractivity contribution in [2.75, 3.05) is 62.1 Å². The third-order valence-corrected chi connectivity index (χ3v) is 11.5. The minimum atomic E-state index is -3.62. The highest BCUT2D eigenvalue weighted by Gasteiger charge is 2.50. The lowest BCUT2D eigenvalue weighted by Crippen LogP contribution is -2.61. The van der Waals surface area contributed by atoms with Gasteiger partial charge >= 0.3 is 0 Å². The van der Waals surface area contributed by atoms with Gasteiger partial charge < -0.3 is 61.7 Å². The maximum absolute atomic E-state index is 13.3. The predicted octanol–water partition coefficient (Wildman–Crippen LogP) is 7.45. The number of ether oxygens (including phenoxy) is 12. The van der Waals surface area contributed by atoms with Crippen LogP contribution >= 0.6 is 7.37 Å². The van der Waals surface area contributed by atoms with E-state index in [1.165, 1.54) is 6.08 Å². The van der Waals surface area contributed by atoms with Crippen molar-refractivity contribution in [2.45, 2.75) is 56.9 Å². The smallest absolute Gasteiger partial charge is 0.229 e. The van der Waals surface area contributed by atoms with Crippen molar-refractivity contribution >= 4 is 7.37 Å². The summed E-state index contributed by atoms with van der Waals surface area (Å²) in [6.07, 6.45) is -3.10. The zero-order chi connectivity index (χ0) is 42.4. The van der Waals surface area contributed by atoms with Gasteiger partial charge in [-0.3, -0.25) is 4.57 Å². The lowest BCUT2D eigenvalue weighted by molar-refractivity contribution is -0.304. The third kappa shape index (κ3) is 12.1. The fourth-order valence-corrected chi connectivity index (χ4v) is 7.92. The number of hydrogen-bond acceptors (Lipinski definition) is 13. The zero-order valence-electron chi connectivity index (χ0n) is 34.6. The summed E-state index contributed by atoms with van der Waals surface area (Å²) in [4.78, 5) is 10.9. The number of benzene rings is 4. The largest absolute Gasteiger partial charge is 0.497 e. The van der Waals surface area contributed by atoms with Crippen LogP contribution in [0, 0.1) is 0 Å². The SMILES string of the molecule is C=CCP(=O)(O)CC[C@H]1OC(Oc2ccc(OC)cc2)[C@@H](OCc2ccc(OC)c(OC)c2)[C@@H](OCc2ccc(OC)c(OC)c2)[C@@H]1OCc1ccc(OC)c(OC)c1. The Balaban J connectivity index is 1.58. The first-order valence-electron chi connectivity index (χ1n) is 18.9. The molecule has 4 aromatic carbocycles. The van der Waals surface area contributed by atoms with Gasteiger partial charge in [-0.1, -0.05) is 24.3 Å². The van der Waals surface area contributed by atoms with Crippen molar-refractivity contribution in [3.8, 4) is 46.0 Å². The molecule has 0 aliphatic carbocycles. The van der Waals surface area contributed by atoms with E-state index in [4.69, 9.17) is 56.8 Å². The molecule has 0 amide bonds. The maximum atomic E-state index is 13.3. The fourth-order valence-electron chi connectivity index (χ4n) is 6.67. The molecule has 59 heavy (non-hydrogen) atoms. The quantitative estimate of drug-likeness (QED) is 0.0582. The number of hydrogen-bond donors (Lipinski definition) is 1. The highest BCUT2D eigenvalue weighted by Crippen LogP contribution is 2.43. The van der Waals surface area contributed by atoms with E-state index in [0.29, 0.717) is 46.0 Å². The third-order valence-electron chi connectivity index (χ3n) is 9.75. The van der Waals surface area contributed by atoms with Gasteiger partial charge in [0.2, 0.25) is 13.7 Å². The van der Waals surface area contributed by atoms with Gasteiger partial charge in [-0.25, -0.2) is 0 Å². The topological polar surface area (TPSA) is 148 Å². The summed E-state index contributed by atoms with van der Waals surface area (Å²) in [6.45, 7) is 3.95. The van der Waals surface area contributed by atoms with Gasteiger partial charge in [0.05, 0.1) is 75.7 Å². The summed E-state index contributed by atoms with van der Waals surface area (Å²) >= 11 is 0. The molecule has 2 unspecified atom stereocenters. The molecule has 5 rings (SSSR count). The minimum absolute atomic E-state index is 0.0566. The van der Waals surface area contributed by atoms with Gasteiger partial charge in [-0.05, 0) is 83.8 Å². The lowest BCUT2D eigenvalue weighted by atomic mass is 9.96. The van der Waals surface area contributed by atoms with Gasteiger partial charge in [-0.2, -0.15) is 0 Å². The van der Waals surface area contributed by atoms with E-state index in [1.54, 1.807) is 92.2 Å². The molecule has 1 aliphatic heterocycles. The van der Waals surface area contributed by atoms with Crippen molar-refractivity contribution in [3.05, 3.63) is 108 Å². The van der Waals surface area contributed by atoms with E-state index >= 15 is 0 Å². The summed E-state index contributed by atoms with van der Waals surface area (Å²) in [5, 5.41) is 0. The lowest BCUT2D eigenvalue weighted by Gasteiger charge is -2.46.